The lowest BCUT2D eigenvalue weighted by molar-refractivity contribution is -0.137. The molecule has 1 atom stereocenters. The van der Waals surface area contributed by atoms with Gasteiger partial charge < -0.3 is 14.7 Å². The minimum atomic E-state index is -0.861. The summed E-state index contributed by atoms with van der Waals surface area (Å²) < 4.78 is 14.9. The average Bonchev–Trinajstić information content (AvgIpc) is 3.52. The van der Waals surface area contributed by atoms with Crippen LogP contribution >= 0.6 is 11.3 Å². The van der Waals surface area contributed by atoms with Crippen LogP contribution in [-0.2, 0) is 11.3 Å². The van der Waals surface area contributed by atoms with E-state index in [1.165, 1.54) is 0 Å². The van der Waals surface area contributed by atoms with E-state index in [0.29, 0.717) is 29.9 Å². The minimum absolute atomic E-state index is 0.0658. The molecule has 1 aromatic heterocycles. The number of hydrogen-bond donors (Lipinski definition) is 1. The summed E-state index contributed by atoms with van der Waals surface area (Å²) in [5, 5.41) is 10.8. The second kappa shape index (κ2) is 11.1. The second-order valence-corrected chi connectivity index (χ2v) is 9.17. The van der Waals surface area contributed by atoms with Gasteiger partial charge in [0.05, 0.1) is 7.98 Å². The fourth-order valence-corrected chi connectivity index (χ4v) is 4.39. The number of benzene rings is 2. The fourth-order valence-electron chi connectivity index (χ4n) is 3.66. The number of carboxylic acid groups (broad SMARTS) is 1. The standard InChI is InChI=1S/C27H29NO4S/c29-26(30)10-2-1-5-17-32-24-8-4-3-7-22(24)19-28(23-15-16-23)27(31)21-13-11-20(12-14-21)25-9-6-18-33-25/h3-4,6-9,11-14,18,23H,1-2,5,10,15-17,19H2,(H,29,30)/i19D. The van der Waals surface area contributed by atoms with Crippen LogP contribution in [0.25, 0.3) is 10.4 Å². The Balaban J connectivity index is 1.44. The summed E-state index contributed by atoms with van der Waals surface area (Å²) in [6.07, 6.45) is 4.11. The van der Waals surface area contributed by atoms with E-state index in [4.69, 9.17) is 11.2 Å². The van der Waals surface area contributed by atoms with Crippen LogP contribution in [0.5, 0.6) is 5.75 Å². The molecule has 1 amide bonds. The van der Waals surface area contributed by atoms with Gasteiger partial charge in [-0.15, -0.1) is 11.3 Å². The number of aliphatic carboxylic acids is 1. The van der Waals surface area contributed by atoms with E-state index in [1.54, 1.807) is 16.2 Å². The normalized spacial score (nSPS) is 14.4. The van der Waals surface area contributed by atoms with Gasteiger partial charge in [0.1, 0.15) is 5.75 Å². The van der Waals surface area contributed by atoms with Crippen molar-refractivity contribution < 1.29 is 20.8 Å². The Bertz CT molecular complexity index is 1100. The molecule has 1 N–H and O–H groups in total. The maximum Gasteiger partial charge on any atom is 0.303 e. The van der Waals surface area contributed by atoms with E-state index in [-0.39, 0.29) is 18.4 Å². The number of hydrogen-bond acceptors (Lipinski definition) is 4. The van der Waals surface area contributed by atoms with Crippen molar-refractivity contribution in [3.05, 3.63) is 77.2 Å². The molecule has 4 rings (SSSR count). The first kappa shape index (κ1) is 21.7. The lowest BCUT2D eigenvalue weighted by Crippen LogP contribution is -2.32. The highest BCUT2D eigenvalue weighted by molar-refractivity contribution is 7.13. The van der Waals surface area contributed by atoms with Crippen LogP contribution in [0.15, 0.2) is 66.0 Å². The largest absolute Gasteiger partial charge is 0.493 e. The lowest BCUT2D eigenvalue weighted by Gasteiger charge is -2.24. The third-order valence-corrected chi connectivity index (χ3v) is 6.52. The van der Waals surface area contributed by atoms with Crippen LogP contribution in [0.4, 0.5) is 0 Å². The van der Waals surface area contributed by atoms with Gasteiger partial charge in [0.2, 0.25) is 0 Å². The van der Waals surface area contributed by atoms with Crippen LogP contribution in [0.3, 0.4) is 0 Å². The summed E-state index contributed by atoms with van der Waals surface area (Å²) in [5.41, 5.74) is 2.33. The zero-order chi connectivity index (χ0) is 23.9. The van der Waals surface area contributed by atoms with Crippen molar-refractivity contribution in [2.45, 2.75) is 51.1 Å². The van der Waals surface area contributed by atoms with E-state index >= 15 is 0 Å². The average molecular weight is 465 g/mol. The van der Waals surface area contributed by atoms with Crippen LogP contribution in [0.2, 0.25) is 0 Å². The van der Waals surface area contributed by atoms with Gasteiger partial charge in [0, 0.05) is 35.0 Å². The monoisotopic (exact) mass is 464 g/mol. The molecule has 33 heavy (non-hydrogen) atoms. The van der Waals surface area contributed by atoms with Crippen molar-refractivity contribution in [1.82, 2.24) is 4.90 Å². The molecule has 172 valence electrons. The van der Waals surface area contributed by atoms with Crippen LogP contribution in [0.1, 0.15) is 55.8 Å². The summed E-state index contributed by atoms with van der Waals surface area (Å²) in [4.78, 5) is 26.9. The Hall–Kier alpha value is -3.12. The number of rotatable bonds is 12. The van der Waals surface area contributed by atoms with Crippen molar-refractivity contribution in [2.75, 3.05) is 6.61 Å². The number of nitrogens with zero attached hydrogens (tertiary/aromatic N) is 1. The predicted molar refractivity (Wildman–Crippen MR) is 131 cm³/mol. The molecule has 2 aromatic carbocycles. The maximum atomic E-state index is 13.5. The SMILES string of the molecule is [2H]C(c1ccccc1OCCCCCC(=O)O)N(C(=O)c1ccc(-c2cccs2)cc1)C1CC1. The summed E-state index contributed by atoms with van der Waals surface area (Å²) in [7, 11) is 0. The molecule has 0 radical (unpaired) electrons. The first-order valence-electron chi connectivity index (χ1n) is 11.9. The molecule has 5 nitrogen and oxygen atoms in total. The first-order valence-corrected chi connectivity index (χ1v) is 12.2. The Kier molecular flexibility index (Phi) is 7.33. The highest BCUT2D eigenvalue weighted by Crippen LogP contribution is 2.32. The molecular formula is C27H29NO4S. The Morgan fingerprint density at radius 1 is 1.03 bits per heavy atom. The zero-order valence-corrected chi connectivity index (χ0v) is 19.3. The first-order chi connectivity index (χ1) is 16.5. The highest BCUT2D eigenvalue weighted by atomic mass is 32.1. The molecule has 0 bridgehead atoms. The molecule has 0 spiro atoms. The van der Waals surface area contributed by atoms with Crippen LogP contribution < -0.4 is 4.74 Å². The maximum absolute atomic E-state index is 13.5. The third kappa shape index (κ3) is 6.45. The highest BCUT2D eigenvalue weighted by Gasteiger charge is 2.33. The van der Waals surface area contributed by atoms with E-state index < -0.39 is 12.5 Å². The molecule has 6 heteroatoms. The van der Waals surface area contributed by atoms with Crippen LogP contribution in [-0.4, -0.2) is 34.5 Å². The topological polar surface area (TPSA) is 66.8 Å². The van der Waals surface area contributed by atoms with E-state index in [9.17, 15) is 9.59 Å². The Morgan fingerprint density at radius 2 is 1.82 bits per heavy atom. The fraction of sp³-hybridized carbons (Fsp3) is 0.333. The number of thiophene rings is 1. The Morgan fingerprint density at radius 3 is 2.52 bits per heavy atom. The number of unbranched alkanes of at least 4 members (excludes halogenated alkanes) is 2. The summed E-state index contributed by atoms with van der Waals surface area (Å²) in [6, 6.07) is 19.2. The second-order valence-electron chi connectivity index (χ2n) is 8.22. The quantitative estimate of drug-likeness (QED) is 0.322. The molecule has 1 saturated carbocycles. The molecule has 1 aliphatic rings. The lowest BCUT2D eigenvalue weighted by atomic mass is 10.1. The van der Waals surface area contributed by atoms with E-state index in [0.717, 1.165) is 36.1 Å². The van der Waals surface area contributed by atoms with Crippen molar-refractivity contribution in [2.24, 2.45) is 0 Å². The number of carbonyl (C=O) groups excluding carboxylic acids is 1. The van der Waals surface area contributed by atoms with Gasteiger partial charge in [-0.1, -0.05) is 36.4 Å². The van der Waals surface area contributed by atoms with Crippen molar-refractivity contribution >= 4 is 23.2 Å². The summed E-state index contributed by atoms with van der Waals surface area (Å²) in [5.74, 6) is -0.315. The van der Waals surface area contributed by atoms with E-state index in [2.05, 4.69) is 6.07 Å². The van der Waals surface area contributed by atoms with Gasteiger partial charge >= 0.3 is 5.97 Å². The molecular weight excluding hydrogens is 434 g/mol. The molecule has 3 aromatic rings. The van der Waals surface area contributed by atoms with Crippen molar-refractivity contribution in [1.29, 1.82) is 0 Å². The molecule has 1 heterocycles. The third-order valence-electron chi connectivity index (χ3n) is 5.60. The molecule has 0 aliphatic heterocycles. The summed E-state index contributed by atoms with van der Waals surface area (Å²) in [6.45, 7) is -0.412. The van der Waals surface area contributed by atoms with Gasteiger partial charge in [-0.25, -0.2) is 0 Å². The number of para-hydroxylation sites is 1. The van der Waals surface area contributed by atoms with Crippen molar-refractivity contribution in [3.8, 4) is 16.2 Å². The number of ether oxygens (including phenoxy) is 1. The van der Waals surface area contributed by atoms with Gasteiger partial charge in [0.15, 0.2) is 0 Å². The van der Waals surface area contributed by atoms with Gasteiger partial charge in [-0.05, 0) is 67.3 Å². The Labute approximate surface area is 200 Å². The smallest absolute Gasteiger partial charge is 0.303 e. The van der Waals surface area contributed by atoms with Crippen molar-refractivity contribution in [3.63, 3.8) is 0 Å². The molecule has 1 unspecified atom stereocenters. The zero-order valence-electron chi connectivity index (χ0n) is 19.5. The minimum Gasteiger partial charge on any atom is -0.493 e. The number of carboxylic acids is 1. The van der Waals surface area contributed by atoms with Gasteiger partial charge in [-0.2, -0.15) is 0 Å². The van der Waals surface area contributed by atoms with Crippen LogP contribution in [0, 0.1) is 0 Å². The molecule has 0 saturated heterocycles. The molecule has 1 aliphatic carbocycles. The van der Waals surface area contributed by atoms with Gasteiger partial charge in [-0.3, -0.25) is 9.59 Å². The number of carbonyl (C=O) groups is 2. The van der Waals surface area contributed by atoms with Gasteiger partial charge in [0.25, 0.3) is 5.91 Å². The summed E-state index contributed by atoms with van der Waals surface area (Å²) >= 11 is 1.66. The van der Waals surface area contributed by atoms with E-state index in [1.807, 2.05) is 60.0 Å². The number of amides is 1. The molecule has 1 fully saturated rings. The predicted octanol–water partition coefficient (Wildman–Crippen LogP) is 6.24.